The Morgan fingerprint density at radius 1 is 1.28 bits per heavy atom. The molecule has 29 heavy (non-hydrogen) atoms. The quantitative estimate of drug-likeness (QED) is 0.741. The molecule has 2 aliphatic rings. The zero-order valence-electron chi connectivity index (χ0n) is 16.6. The normalized spacial score (nSPS) is 27.7. The van der Waals surface area contributed by atoms with Crippen LogP contribution in [0.15, 0.2) is 42.6 Å². The van der Waals surface area contributed by atoms with Gasteiger partial charge in [0.2, 0.25) is 0 Å². The van der Waals surface area contributed by atoms with Gasteiger partial charge in [-0.15, -0.1) is 0 Å². The zero-order chi connectivity index (χ0) is 20.2. The molecule has 8 nitrogen and oxygen atoms in total. The van der Waals surface area contributed by atoms with Gasteiger partial charge in [0, 0.05) is 38.9 Å². The summed E-state index contributed by atoms with van der Waals surface area (Å²) < 4.78 is 13.1. The summed E-state index contributed by atoms with van der Waals surface area (Å²) in [5.41, 5.74) is 0.517. The molecule has 156 valence electrons. The molecule has 1 amide bonds. The third-order valence-corrected chi connectivity index (χ3v) is 5.83. The minimum absolute atomic E-state index is 0.0778. The molecular formula is C21H28N4O4. The molecule has 0 bridgehead atoms. The number of aliphatic hydroxyl groups is 1. The minimum atomic E-state index is -0.632. The van der Waals surface area contributed by atoms with Crippen LogP contribution in [0.25, 0.3) is 0 Å². The summed E-state index contributed by atoms with van der Waals surface area (Å²) in [6.45, 7) is 3.32. The molecule has 4 atom stereocenters. The average Bonchev–Trinajstić information content (AvgIpc) is 3.31. The van der Waals surface area contributed by atoms with Crippen molar-refractivity contribution in [1.29, 1.82) is 0 Å². The monoisotopic (exact) mass is 400 g/mol. The lowest BCUT2D eigenvalue weighted by atomic mass is 10.0. The van der Waals surface area contributed by atoms with Gasteiger partial charge in [-0.3, -0.25) is 14.4 Å². The molecule has 0 unspecified atom stereocenters. The Hall–Kier alpha value is -2.42. The van der Waals surface area contributed by atoms with E-state index >= 15 is 0 Å². The van der Waals surface area contributed by atoms with Gasteiger partial charge in [-0.05, 0) is 30.5 Å². The van der Waals surface area contributed by atoms with Crippen molar-refractivity contribution in [2.24, 2.45) is 13.0 Å². The number of rotatable bonds is 6. The van der Waals surface area contributed by atoms with Crippen LogP contribution in [-0.4, -0.2) is 76.8 Å². The van der Waals surface area contributed by atoms with Crippen molar-refractivity contribution < 1.29 is 19.4 Å². The number of carbonyl (C=O) groups is 1. The lowest BCUT2D eigenvalue weighted by Crippen LogP contribution is -2.52. The molecule has 1 aromatic heterocycles. The van der Waals surface area contributed by atoms with Gasteiger partial charge in [0.05, 0.1) is 13.2 Å². The second-order valence-electron chi connectivity index (χ2n) is 7.64. The highest BCUT2D eigenvalue weighted by Gasteiger charge is 2.47. The van der Waals surface area contributed by atoms with Crippen molar-refractivity contribution in [1.82, 2.24) is 20.0 Å². The van der Waals surface area contributed by atoms with Gasteiger partial charge in [-0.1, -0.05) is 18.2 Å². The van der Waals surface area contributed by atoms with Gasteiger partial charge in [0.15, 0.2) is 0 Å². The number of aryl methyl sites for hydroxylation is 1. The number of carbonyl (C=O) groups excluding carboxylic acids is 1. The van der Waals surface area contributed by atoms with E-state index in [1.807, 2.05) is 30.3 Å². The summed E-state index contributed by atoms with van der Waals surface area (Å²) in [5.74, 6) is 0.665. The van der Waals surface area contributed by atoms with Crippen LogP contribution in [0.5, 0.6) is 5.75 Å². The van der Waals surface area contributed by atoms with Crippen molar-refractivity contribution in [2.45, 2.75) is 24.7 Å². The van der Waals surface area contributed by atoms with E-state index in [0.29, 0.717) is 31.9 Å². The largest absolute Gasteiger partial charge is 0.488 e. The fourth-order valence-electron chi connectivity index (χ4n) is 4.37. The number of ether oxygens (including phenoxy) is 2. The van der Waals surface area contributed by atoms with E-state index in [1.54, 1.807) is 24.0 Å². The number of para-hydroxylation sites is 1. The summed E-state index contributed by atoms with van der Waals surface area (Å²) in [4.78, 5) is 14.8. The number of nitrogens with zero attached hydrogens (tertiary/aromatic N) is 3. The van der Waals surface area contributed by atoms with Gasteiger partial charge in [-0.2, -0.15) is 5.10 Å². The number of amides is 1. The summed E-state index contributed by atoms with van der Waals surface area (Å²) in [5, 5.41) is 18.2. The first-order valence-corrected chi connectivity index (χ1v) is 10.1. The Balaban J connectivity index is 1.46. The van der Waals surface area contributed by atoms with E-state index in [0.717, 1.165) is 18.8 Å². The fourth-order valence-corrected chi connectivity index (χ4v) is 4.37. The van der Waals surface area contributed by atoms with Gasteiger partial charge >= 0.3 is 0 Å². The molecule has 0 spiro atoms. The summed E-state index contributed by atoms with van der Waals surface area (Å²) in [6, 6.07) is 11.2. The molecule has 2 aromatic rings. The topological polar surface area (TPSA) is 88.9 Å². The van der Waals surface area contributed by atoms with Crippen LogP contribution in [0.2, 0.25) is 0 Å². The Bertz CT molecular complexity index is 806. The first-order valence-electron chi connectivity index (χ1n) is 10.1. The highest BCUT2D eigenvalue weighted by Crippen LogP contribution is 2.33. The molecule has 1 aliphatic carbocycles. The highest BCUT2D eigenvalue weighted by molar-refractivity contribution is 5.92. The van der Waals surface area contributed by atoms with Crippen molar-refractivity contribution in [2.75, 3.05) is 32.8 Å². The maximum Gasteiger partial charge on any atom is 0.269 e. The Morgan fingerprint density at radius 2 is 2.03 bits per heavy atom. The molecule has 2 fully saturated rings. The molecule has 0 radical (unpaired) electrons. The lowest BCUT2D eigenvalue weighted by Gasteiger charge is -2.37. The third kappa shape index (κ3) is 4.44. The molecule has 1 saturated carbocycles. The van der Waals surface area contributed by atoms with Crippen LogP contribution in [0.3, 0.4) is 0 Å². The number of aliphatic hydroxyl groups excluding tert-OH is 1. The molecular weight excluding hydrogens is 372 g/mol. The van der Waals surface area contributed by atoms with Crippen molar-refractivity contribution in [3.8, 4) is 5.75 Å². The standard InChI is InChI=1S/C21H28N4O4/c1-24-17(7-8-23-24)21(27)22-14-15-13-18(29-16-5-3-2-4-6-16)20(26)19(15)25-9-11-28-12-10-25/h2-8,15,18-20,26H,9-14H2,1H3,(H,22,27)/t15-,18+,19-,20-/m0/s1. The van der Waals surface area contributed by atoms with Crippen LogP contribution in [-0.2, 0) is 11.8 Å². The van der Waals surface area contributed by atoms with Gasteiger partial charge in [0.1, 0.15) is 23.7 Å². The zero-order valence-corrected chi connectivity index (χ0v) is 16.6. The number of hydrogen-bond acceptors (Lipinski definition) is 6. The Labute approximate surface area is 170 Å². The van der Waals surface area contributed by atoms with E-state index in [-0.39, 0.29) is 24.0 Å². The number of morpholine rings is 1. The number of benzene rings is 1. The van der Waals surface area contributed by atoms with Crippen LogP contribution >= 0.6 is 0 Å². The lowest BCUT2D eigenvalue weighted by molar-refractivity contribution is -0.0386. The third-order valence-electron chi connectivity index (χ3n) is 5.83. The second-order valence-corrected chi connectivity index (χ2v) is 7.64. The molecule has 2 N–H and O–H groups in total. The van der Waals surface area contributed by atoms with Gasteiger partial charge in [0.25, 0.3) is 5.91 Å². The van der Waals surface area contributed by atoms with Gasteiger partial charge in [-0.25, -0.2) is 0 Å². The molecule has 8 heteroatoms. The van der Waals surface area contributed by atoms with E-state index < -0.39 is 6.10 Å². The van der Waals surface area contributed by atoms with E-state index in [2.05, 4.69) is 15.3 Å². The summed E-state index contributed by atoms with van der Waals surface area (Å²) in [6.07, 6.45) is 1.33. The minimum Gasteiger partial charge on any atom is -0.488 e. The van der Waals surface area contributed by atoms with Crippen LogP contribution in [0.4, 0.5) is 0 Å². The first-order chi connectivity index (χ1) is 14.1. The molecule has 1 saturated heterocycles. The van der Waals surface area contributed by atoms with Gasteiger partial charge < -0.3 is 19.9 Å². The fraction of sp³-hybridized carbons (Fsp3) is 0.524. The SMILES string of the molecule is Cn1nccc1C(=O)NC[C@@H]1C[C@@H](Oc2ccccc2)[C@H](O)[C@H]1N1CCOCC1. The average molecular weight is 400 g/mol. The van der Waals surface area contributed by atoms with Crippen molar-refractivity contribution in [3.63, 3.8) is 0 Å². The molecule has 1 aromatic carbocycles. The number of aromatic nitrogens is 2. The van der Waals surface area contributed by atoms with E-state index in [1.165, 1.54) is 0 Å². The van der Waals surface area contributed by atoms with Crippen molar-refractivity contribution >= 4 is 5.91 Å². The number of nitrogens with one attached hydrogen (secondary N) is 1. The second kappa shape index (κ2) is 8.94. The smallest absolute Gasteiger partial charge is 0.269 e. The van der Waals surface area contributed by atoms with Crippen molar-refractivity contribution in [3.05, 3.63) is 48.3 Å². The first kappa shape index (κ1) is 19.9. The number of hydrogen-bond donors (Lipinski definition) is 2. The predicted octanol–water partition coefficient (Wildman–Crippen LogP) is 0.679. The maximum atomic E-state index is 12.5. The Morgan fingerprint density at radius 3 is 2.72 bits per heavy atom. The predicted molar refractivity (Wildman–Crippen MR) is 107 cm³/mol. The summed E-state index contributed by atoms with van der Waals surface area (Å²) >= 11 is 0. The molecule has 4 rings (SSSR count). The van der Waals surface area contributed by atoms with Crippen LogP contribution < -0.4 is 10.1 Å². The molecule has 2 heterocycles. The Kier molecular flexibility index (Phi) is 6.13. The van der Waals surface area contributed by atoms with Crippen LogP contribution in [0.1, 0.15) is 16.9 Å². The highest BCUT2D eigenvalue weighted by atomic mass is 16.5. The van der Waals surface area contributed by atoms with E-state index in [4.69, 9.17) is 9.47 Å². The van der Waals surface area contributed by atoms with Crippen LogP contribution in [0, 0.1) is 5.92 Å². The summed E-state index contributed by atoms with van der Waals surface area (Å²) in [7, 11) is 1.74. The van der Waals surface area contributed by atoms with E-state index in [9.17, 15) is 9.90 Å². The maximum absolute atomic E-state index is 12.5. The molecule has 1 aliphatic heterocycles.